The number of hydrogen-bond donors (Lipinski definition) is 0. The molecule has 0 aliphatic heterocycles. The quantitative estimate of drug-likeness (QED) is 0.746. The molecule has 0 saturated heterocycles. The first kappa shape index (κ1) is 17.9. The third-order valence-electron chi connectivity index (χ3n) is 3.96. The molecular formula is C19H26N4O. The molecule has 0 N–H and O–H groups in total. The fourth-order valence-corrected chi connectivity index (χ4v) is 2.44. The number of amides is 1. The highest BCUT2D eigenvalue weighted by molar-refractivity contribution is 5.93. The van der Waals surface area contributed by atoms with Gasteiger partial charge in [0.25, 0.3) is 5.91 Å². The van der Waals surface area contributed by atoms with Crippen LogP contribution in [0, 0.1) is 0 Å². The molecule has 0 aliphatic carbocycles. The van der Waals surface area contributed by atoms with E-state index in [1.807, 2.05) is 25.2 Å². The molecule has 0 bridgehead atoms. The van der Waals surface area contributed by atoms with E-state index in [-0.39, 0.29) is 5.91 Å². The topological polar surface area (TPSA) is 49.3 Å². The van der Waals surface area contributed by atoms with Crippen LogP contribution in [0.1, 0.15) is 42.6 Å². The summed E-state index contributed by atoms with van der Waals surface area (Å²) in [5.74, 6) is 0.621. The minimum Gasteiger partial charge on any atom is -0.342 e. The predicted octanol–water partition coefficient (Wildman–Crippen LogP) is 3.38. The molecule has 1 heterocycles. The number of carbonyl (C=O) groups is 1. The molecule has 0 fully saturated rings. The van der Waals surface area contributed by atoms with Crippen molar-refractivity contribution in [1.82, 2.24) is 14.9 Å². The van der Waals surface area contributed by atoms with Crippen molar-refractivity contribution in [3.63, 3.8) is 0 Å². The lowest BCUT2D eigenvalue weighted by atomic mass is 10.2. The van der Waals surface area contributed by atoms with E-state index in [2.05, 4.69) is 40.8 Å². The van der Waals surface area contributed by atoms with Crippen molar-refractivity contribution in [1.29, 1.82) is 0 Å². The Kier molecular flexibility index (Phi) is 6.73. The standard InChI is InChI=1S/C19H26N4O/c1-4-6-12-22(3)18(24)17-13-20-19(21-14-17)23(5-2)15-16-10-8-7-9-11-16/h7-11,13-14H,4-6,12,15H2,1-3H3. The molecule has 1 aromatic carbocycles. The monoisotopic (exact) mass is 326 g/mol. The number of carbonyl (C=O) groups excluding carboxylic acids is 1. The van der Waals surface area contributed by atoms with Gasteiger partial charge in [0.2, 0.25) is 5.95 Å². The fourth-order valence-electron chi connectivity index (χ4n) is 2.44. The minimum atomic E-state index is -0.0268. The Labute approximate surface area is 144 Å². The Balaban J connectivity index is 2.05. The summed E-state index contributed by atoms with van der Waals surface area (Å²) in [5.41, 5.74) is 1.75. The number of aromatic nitrogens is 2. The van der Waals surface area contributed by atoms with Gasteiger partial charge in [-0.1, -0.05) is 43.7 Å². The van der Waals surface area contributed by atoms with Crippen molar-refractivity contribution in [3.05, 3.63) is 53.9 Å². The normalized spacial score (nSPS) is 10.5. The summed E-state index contributed by atoms with van der Waals surface area (Å²) in [6.07, 6.45) is 5.32. The van der Waals surface area contributed by atoms with Crippen LogP contribution < -0.4 is 4.90 Å². The first-order chi connectivity index (χ1) is 11.7. The van der Waals surface area contributed by atoms with Crippen LogP contribution in [0.2, 0.25) is 0 Å². The van der Waals surface area contributed by atoms with Crippen LogP contribution in [0.25, 0.3) is 0 Å². The highest BCUT2D eigenvalue weighted by Gasteiger charge is 2.14. The van der Waals surface area contributed by atoms with Crippen LogP contribution in [0.15, 0.2) is 42.7 Å². The highest BCUT2D eigenvalue weighted by atomic mass is 16.2. The van der Waals surface area contributed by atoms with Crippen LogP contribution in [0.4, 0.5) is 5.95 Å². The van der Waals surface area contributed by atoms with Crippen molar-refractivity contribution in [2.24, 2.45) is 0 Å². The molecular weight excluding hydrogens is 300 g/mol. The molecule has 1 amide bonds. The highest BCUT2D eigenvalue weighted by Crippen LogP contribution is 2.12. The van der Waals surface area contributed by atoms with E-state index in [1.54, 1.807) is 17.3 Å². The Bertz CT molecular complexity index is 628. The number of anilines is 1. The van der Waals surface area contributed by atoms with E-state index in [1.165, 1.54) is 5.56 Å². The van der Waals surface area contributed by atoms with E-state index in [9.17, 15) is 4.79 Å². The van der Waals surface area contributed by atoms with Crippen LogP contribution in [-0.2, 0) is 6.54 Å². The summed E-state index contributed by atoms with van der Waals surface area (Å²) in [5, 5.41) is 0. The zero-order valence-corrected chi connectivity index (χ0v) is 14.8. The predicted molar refractivity (Wildman–Crippen MR) is 97.1 cm³/mol. The summed E-state index contributed by atoms with van der Waals surface area (Å²) >= 11 is 0. The second kappa shape index (κ2) is 9.01. The lowest BCUT2D eigenvalue weighted by molar-refractivity contribution is 0.0792. The zero-order valence-electron chi connectivity index (χ0n) is 14.8. The van der Waals surface area contributed by atoms with Gasteiger partial charge in [0.15, 0.2) is 0 Å². The van der Waals surface area contributed by atoms with Crippen LogP contribution in [0.5, 0.6) is 0 Å². The average molecular weight is 326 g/mol. The molecule has 2 rings (SSSR count). The summed E-state index contributed by atoms with van der Waals surface area (Å²) in [6, 6.07) is 10.2. The smallest absolute Gasteiger partial charge is 0.256 e. The molecule has 0 atom stereocenters. The Hall–Kier alpha value is -2.43. The van der Waals surface area contributed by atoms with Gasteiger partial charge in [0, 0.05) is 39.1 Å². The molecule has 0 saturated carbocycles. The molecule has 0 unspecified atom stereocenters. The first-order valence-corrected chi connectivity index (χ1v) is 8.52. The molecule has 128 valence electrons. The van der Waals surface area contributed by atoms with E-state index >= 15 is 0 Å². The minimum absolute atomic E-state index is 0.0268. The van der Waals surface area contributed by atoms with E-state index in [0.717, 1.165) is 32.5 Å². The van der Waals surface area contributed by atoms with Crippen LogP contribution in [0.3, 0.4) is 0 Å². The van der Waals surface area contributed by atoms with Gasteiger partial charge in [0.05, 0.1) is 5.56 Å². The van der Waals surface area contributed by atoms with Gasteiger partial charge < -0.3 is 9.80 Å². The number of nitrogens with zero attached hydrogens (tertiary/aromatic N) is 4. The molecule has 0 radical (unpaired) electrons. The second-order valence-corrected chi connectivity index (χ2v) is 5.85. The van der Waals surface area contributed by atoms with Gasteiger partial charge in [0.1, 0.15) is 0 Å². The van der Waals surface area contributed by atoms with Gasteiger partial charge in [-0.3, -0.25) is 4.79 Å². The van der Waals surface area contributed by atoms with Crippen LogP contribution in [-0.4, -0.2) is 40.9 Å². The van der Waals surface area contributed by atoms with E-state index < -0.39 is 0 Å². The van der Waals surface area contributed by atoms with Crippen molar-refractivity contribution >= 4 is 11.9 Å². The van der Waals surface area contributed by atoms with Crippen molar-refractivity contribution in [3.8, 4) is 0 Å². The summed E-state index contributed by atoms with van der Waals surface area (Å²) in [6.45, 7) is 6.50. The van der Waals surface area contributed by atoms with Crippen molar-refractivity contribution in [2.75, 3.05) is 25.0 Å². The van der Waals surface area contributed by atoms with Crippen LogP contribution >= 0.6 is 0 Å². The zero-order chi connectivity index (χ0) is 17.4. The number of rotatable bonds is 8. The third kappa shape index (κ3) is 4.78. The maximum Gasteiger partial charge on any atom is 0.256 e. The summed E-state index contributed by atoms with van der Waals surface area (Å²) in [7, 11) is 1.82. The lowest BCUT2D eigenvalue weighted by Crippen LogP contribution is -2.28. The second-order valence-electron chi connectivity index (χ2n) is 5.85. The summed E-state index contributed by atoms with van der Waals surface area (Å²) < 4.78 is 0. The maximum absolute atomic E-state index is 12.3. The molecule has 5 nitrogen and oxygen atoms in total. The van der Waals surface area contributed by atoms with Gasteiger partial charge in [-0.2, -0.15) is 0 Å². The summed E-state index contributed by atoms with van der Waals surface area (Å²) in [4.78, 5) is 24.9. The Morgan fingerprint density at radius 1 is 1.08 bits per heavy atom. The molecule has 1 aromatic heterocycles. The molecule has 24 heavy (non-hydrogen) atoms. The lowest BCUT2D eigenvalue weighted by Gasteiger charge is -2.21. The number of benzene rings is 1. The number of hydrogen-bond acceptors (Lipinski definition) is 4. The van der Waals surface area contributed by atoms with E-state index in [0.29, 0.717) is 11.5 Å². The third-order valence-corrected chi connectivity index (χ3v) is 3.96. The van der Waals surface area contributed by atoms with Gasteiger partial charge in [-0.05, 0) is 18.9 Å². The molecule has 2 aromatic rings. The largest absolute Gasteiger partial charge is 0.342 e. The molecule has 0 aliphatic rings. The Morgan fingerprint density at radius 2 is 1.75 bits per heavy atom. The Morgan fingerprint density at radius 3 is 2.33 bits per heavy atom. The van der Waals surface area contributed by atoms with Gasteiger partial charge in [-0.15, -0.1) is 0 Å². The average Bonchev–Trinajstić information content (AvgIpc) is 2.64. The SMILES string of the molecule is CCCCN(C)C(=O)c1cnc(N(CC)Cc2ccccc2)nc1. The number of unbranched alkanes of at least 4 members (excludes halogenated alkanes) is 1. The van der Waals surface area contributed by atoms with E-state index in [4.69, 9.17) is 0 Å². The van der Waals surface area contributed by atoms with Gasteiger partial charge >= 0.3 is 0 Å². The fraction of sp³-hybridized carbons (Fsp3) is 0.421. The van der Waals surface area contributed by atoms with Gasteiger partial charge in [-0.25, -0.2) is 9.97 Å². The molecule has 0 spiro atoms. The first-order valence-electron chi connectivity index (χ1n) is 8.52. The van der Waals surface area contributed by atoms with Crippen molar-refractivity contribution < 1.29 is 4.79 Å². The molecule has 5 heteroatoms. The maximum atomic E-state index is 12.3. The van der Waals surface area contributed by atoms with Crippen molar-refractivity contribution in [2.45, 2.75) is 33.2 Å².